The van der Waals surface area contributed by atoms with Gasteiger partial charge in [0, 0.05) is 12.6 Å². The molecule has 0 aromatic carbocycles. The topological polar surface area (TPSA) is 24.5 Å². The number of nitrogens with one attached hydrogen (secondary N) is 1. The normalized spacial score (nSPS) is 11.5. The van der Waals surface area contributed by atoms with Crippen molar-refractivity contribution >= 4 is 0 Å². The molecule has 0 aliphatic rings. The average molecular weight is 174 g/mol. The first-order valence-corrected chi connectivity index (χ1v) is 4.72. The van der Waals surface area contributed by atoms with Crippen LogP contribution in [0.4, 0.5) is 0 Å². The van der Waals surface area contributed by atoms with Crippen LogP contribution in [0.15, 0.2) is 0 Å². The average Bonchev–Trinajstić information content (AvgIpc) is 2.04. The van der Waals surface area contributed by atoms with Crippen LogP contribution in [0.25, 0.3) is 0 Å². The predicted molar refractivity (Wildman–Crippen MR) is 52.0 cm³/mol. The van der Waals surface area contributed by atoms with Gasteiger partial charge in [-0.05, 0) is 26.9 Å². The van der Waals surface area contributed by atoms with Crippen LogP contribution in [-0.2, 0) is 4.84 Å². The van der Waals surface area contributed by atoms with E-state index in [1.807, 2.05) is 14.1 Å². The molecule has 0 radical (unpaired) electrons. The quantitative estimate of drug-likeness (QED) is 0.464. The largest absolute Gasteiger partial charge is 0.307 e. The van der Waals surface area contributed by atoms with Gasteiger partial charge in [-0.25, -0.2) is 0 Å². The predicted octanol–water partition coefficient (Wildman–Crippen LogP) is 1.26. The number of hydrogen-bond acceptors (Lipinski definition) is 3. The second-order valence-electron chi connectivity index (χ2n) is 3.28. The van der Waals surface area contributed by atoms with Crippen LogP contribution >= 0.6 is 0 Å². The van der Waals surface area contributed by atoms with E-state index in [-0.39, 0.29) is 0 Å². The van der Waals surface area contributed by atoms with Gasteiger partial charge in [-0.1, -0.05) is 13.8 Å². The van der Waals surface area contributed by atoms with Crippen LogP contribution in [-0.4, -0.2) is 38.2 Å². The first-order valence-electron chi connectivity index (χ1n) is 4.72. The van der Waals surface area contributed by atoms with Crippen molar-refractivity contribution in [2.24, 2.45) is 0 Å². The van der Waals surface area contributed by atoms with Crippen molar-refractivity contribution in [2.75, 3.05) is 27.2 Å². The summed E-state index contributed by atoms with van der Waals surface area (Å²) in [5.74, 6) is 0. The van der Waals surface area contributed by atoms with Gasteiger partial charge < -0.3 is 9.74 Å². The van der Waals surface area contributed by atoms with E-state index in [9.17, 15) is 0 Å². The molecule has 0 spiro atoms. The summed E-state index contributed by atoms with van der Waals surface area (Å²) in [6.45, 7) is 6.05. The number of nitrogens with zero attached hydrogens (tertiary/aromatic N) is 1. The third-order valence-corrected chi connectivity index (χ3v) is 1.88. The second kappa shape index (κ2) is 7.53. The van der Waals surface area contributed by atoms with E-state index in [0.29, 0.717) is 6.04 Å². The minimum Gasteiger partial charge on any atom is -0.307 e. The van der Waals surface area contributed by atoms with Crippen molar-refractivity contribution < 1.29 is 4.84 Å². The van der Waals surface area contributed by atoms with E-state index < -0.39 is 0 Å². The maximum Gasteiger partial charge on any atom is 0.0809 e. The third-order valence-electron chi connectivity index (χ3n) is 1.88. The van der Waals surface area contributed by atoms with Crippen molar-refractivity contribution in [3.8, 4) is 0 Å². The first-order chi connectivity index (χ1) is 5.70. The maximum absolute atomic E-state index is 5.30. The molecule has 0 rings (SSSR count). The molecule has 12 heavy (non-hydrogen) atoms. The van der Waals surface area contributed by atoms with E-state index >= 15 is 0 Å². The second-order valence-corrected chi connectivity index (χ2v) is 3.28. The van der Waals surface area contributed by atoms with E-state index in [1.54, 1.807) is 0 Å². The summed E-state index contributed by atoms with van der Waals surface area (Å²) < 4.78 is 0. The number of rotatable bonds is 7. The van der Waals surface area contributed by atoms with Gasteiger partial charge in [0.2, 0.25) is 0 Å². The Balaban J connectivity index is 3.17. The molecular formula is C9H22N2O. The smallest absolute Gasteiger partial charge is 0.0809 e. The van der Waals surface area contributed by atoms with E-state index in [4.69, 9.17) is 4.84 Å². The number of hydrogen-bond donors (Lipinski definition) is 1. The van der Waals surface area contributed by atoms with Crippen LogP contribution in [0.3, 0.4) is 0 Å². The molecule has 3 nitrogen and oxygen atoms in total. The Morgan fingerprint density at radius 3 is 2.25 bits per heavy atom. The molecule has 0 aliphatic carbocycles. The fourth-order valence-corrected chi connectivity index (χ4v) is 0.860. The SMILES string of the molecule is CCC(CC)NOCCN(C)C. The monoisotopic (exact) mass is 174 g/mol. The zero-order chi connectivity index (χ0) is 9.40. The van der Waals surface area contributed by atoms with Gasteiger partial charge in [0.1, 0.15) is 0 Å². The van der Waals surface area contributed by atoms with Gasteiger partial charge >= 0.3 is 0 Å². The van der Waals surface area contributed by atoms with E-state index in [0.717, 1.165) is 26.0 Å². The minimum atomic E-state index is 0.507. The summed E-state index contributed by atoms with van der Waals surface area (Å²) in [6.07, 6.45) is 2.25. The molecule has 0 amide bonds. The molecule has 0 aliphatic heterocycles. The number of hydroxylamine groups is 1. The summed E-state index contributed by atoms with van der Waals surface area (Å²) >= 11 is 0. The van der Waals surface area contributed by atoms with E-state index in [2.05, 4.69) is 24.2 Å². The Bertz CT molecular complexity index is 92.5. The van der Waals surface area contributed by atoms with Crippen molar-refractivity contribution in [2.45, 2.75) is 32.7 Å². The van der Waals surface area contributed by atoms with Crippen molar-refractivity contribution in [1.82, 2.24) is 10.4 Å². The number of likely N-dealkylation sites (N-methyl/N-ethyl adjacent to an activating group) is 1. The first kappa shape index (κ1) is 11.9. The molecule has 0 saturated heterocycles. The molecular weight excluding hydrogens is 152 g/mol. The fourth-order valence-electron chi connectivity index (χ4n) is 0.860. The highest BCUT2D eigenvalue weighted by molar-refractivity contribution is 4.54. The summed E-state index contributed by atoms with van der Waals surface area (Å²) in [5, 5.41) is 0. The van der Waals surface area contributed by atoms with Crippen LogP contribution < -0.4 is 5.48 Å². The molecule has 1 N–H and O–H groups in total. The van der Waals surface area contributed by atoms with Gasteiger partial charge in [-0.2, -0.15) is 5.48 Å². The third kappa shape index (κ3) is 6.58. The van der Waals surface area contributed by atoms with Gasteiger partial charge in [-0.3, -0.25) is 0 Å². The summed E-state index contributed by atoms with van der Waals surface area (Å²) in [6, 6.07) is 0.507. The van der Waals surface area contributed by atoms with Crippen LogP contribution in [0.1, 0.15) is 26.7 Å². The standard InChI is InChI=1S/C9H22N2O/c1-5-9(6-2)10-12-8-7-11(3)4/h9-10H,5-8H2,1-4H3. The molecule has 0 saturated carbocycles. The van der Waals surface area contributed by atoms with Gasteiger partial charge in [0.05, 0.1) is 6.61 Å². The lowest BCUT2D eigenvalue weighted by Crippen LogP contribution is -2.30. The Kier molecular flexibility index (Phi) is 7.45. The highest BCUT2D eigenvalue weighted by atomic mass is 16.6. The minimum absolute atomic E-state index is 0.507. The highest BCUT2D eigenvalue weighted by Crippen LogP contribution is 1.95. The molecule has 3 heteroatoms. The van der Waals surface area contributed by atoms with Crippen molar-refractivity contribution in [1.29, 1.82) is 0 Å². The Hall–Kier alpha value is -0.120. The molecule has 0 bridgehead atoms. The summed E-state index contributed by atoms with van der Waals surface area (Å²) in [7, 11) is 4.08. The summed E-state index contributed by atoms with van der Waals surface area (Å²) in [4.78, 5) is 7.40. The summed E-state index contributed by atoms with van der Waals surface area (Å²) in [5.41, 5.74) is 3.05. The van der Waals surface area contributed by atoms with E-state index in [1.165, 1.54) is 0 Å². The van der Waals surface area contributed by atoms with Crippen LogP contribution in [0.5, 0.6) is 0 Å². The van der Waals surface area contributed by atoms with Gasteiger partial charge in [0.25, 0.3) is 0 Å². The van der Waals surface area contributed by atoms with Crippen molar-refractivity contribution in [3.63, 3.8) is 0 Å². The fraction of sp³-hybridized carbons (Fsp3) is 1.00. The van der Waals surface area contributed by atoms with Gasteiger partial charge in [-0.15, -0.1) is 0 Å². The molecule has 0 aromatic rings. The molecule has 74 valence electrons. The Morgan fingerprint density at radius 2 is 1.83 bits per heavy atom. The molecule has 0 fully saturated rings. The lowest BCUT2D eigenvalue weighted by atomic mass is 10.2. The molecule has 0 aromatic heterocycles. The van der Waals surface area contributed by atoms with Crippen LogP contribution in [0, 0.1) is 0 Å². The molecule has 0 atom stereocenters. The van der Waals surface area contributed by atoms with Crippen LogP contribution in [0.2, 0.25) is 0 Å². The Labute approximate surface area is 76.0 Å². The van der Waals surface area contributed by atoms with Gasteiger partial charge in [0.15, 0.2) is 0 Å². The lowest BCUT2D eigenvalue weighted by molar-refractivity contribution is 0.00739. The zero-order valence-corrected chi connectivity index (χ0v) is 8.76. The molecule has 0 unspecified atom stereocenters. The zero-order valence-electron chi connectivity index (χ0n) is 8.76. The highest BCUT2D eigenvalue weighted by Gasteiger charge is 2.00. The van der Waals surface area contributed by atoms with Crippen molar-refractivity contribution in [3.05, 3.63) is 0 Å². The molecule has 0 heterocycles. The lowest BCUT2D eigenvalue weighted by Gasteiger charge is -2.15. The maximum atomic E-state index is 5.30. The Morgan fingerprint density at radius 1 is 1.25 bits per heavy atom.